The van der Waals surface area contributed by atoms with Crippen LogP contribution in [0.1, 0.15) is 24.2 Å². The second-order valence-electron chi connectivity index (χ2n) is 4.79. The van der Waals surface area contributed by atoms with Crippen molar-refractivity contribution in [2.45, 2.75) is 19.1 Å². The van der Waals surface area contributed by atoms with Gasteiger partial charge in [-0.05, 0) is 24.6 Å². The molecule has 108 valence electrons. The van der Waals surface area contributed by atoms with Crippen LogP contribution >= 0.6 is 0 Å². The molecule has 0 amide bonds. The van der Waals surface area contributed by atoms with Gasteiger partial charge in [-0.2, -0.15) is 5.26 Å². The molecule has 2 N–H and O–H groups in total. The highest BCUT2D eigenvalue weighted by Crippen LogP contribution is 2.32. The molecule has 0 heterocycles. The Bertz CT molecular complexity index is 633. The number of rotatable bonds is 5. The van der Waals surface area contributed by atoms with Gasteiger partial charge < -0.3 is 15.2 Å². The third-order valence-electron chi connectivity index (χ3n) is 3.15. The first-order valence-electron chi connectivity index (χ1n) is 6.71. The highest BCUT2D eigenvalue weighted by Gasteiger charge is 2.20. The van der Waals surface area contributed by atoms with E-state index in [9.17, 15) is 0 Å². The largest absolute Gasteiger partial charge is 0.493 e. The second kappa shape index (κ2) is 6.78. The van der Waals surface area contributed by atoms with E-state index in [2.05, 4.69) is 6.07 Å². The van der Waals surface area contributed by atoms with Crippen LogP contribution in [0.3, 0.4) is 0 Å². The molecule has 0 aromatic heterocycles. The standard InChI is InChI=1S/C17H18N2O2/c1-12(19)17(14-6-4-3-5-7-14)21-15-9-8-13(11-18)10-16(15)20-2/h3-10,12,17H,19H2,1-2H3. The minimum absolute atomic E-state index is 0.187. The van der Waals surface area contributed by atoms with Crippen molar-refractivity contribution in [3.05, 3.63) is 59.7 Å². The summed E-state index contributed by atoms with van der Waals surface area (Å²) in [6, 6.07) is 16.8. The SMILES string of the molecule is COc1cc(C#N)ccc1OC(c1ccccc1)C(C)N. The monoisotopic (exact) mass is 282 g/mol. The molecular weight excluding hydrogens is 264 g/mol. The van der Waals surface area contributed by atoms with Crippen molar-refractivity contribution in [3.63, 3.8) is 0 Å². The van der Waals surface area contributed by atoms with Crippen molar-refractivity contribution < 1.29 is 9.47 Å². The molecule has 0 aliphatic rings. The quantitative estimate of drug-likeness (QED) is 0.915. The van der Waals surface area contributed by atoms with Gasteiger partial charge in [0.05, 0.1) is 18.7 Å². The summed E-state index contributed by atoms with van der Waals surface area (Å²) in [6.07, 6.45) is -0.284. The lowest BCUT2D eigenvalue weighted by Gasteiger charge is -2.24. The summed E-state index contributed by atoms with van der Waals surface area (Å²) >= 11 is 0. The predicted molar refractivity (Wildman–Crippen MR) is 81.2 cm³/mol. The number of nitrogens with zero attached hydrogens (tertiary/aromatic N) is 1. The number of methoxy groups -OCH3 is 1. The van der Waals surface area contributed by atoms with Gasteiger partial charge in [-0.15, -0.1) is 0 Å². The number of hydrogen-bond acceptors (Lipinski definition) is 4. The summed E-state index contributed by atoms with van der Waals surface area (Å²) in [4.78, 5) is 0. The molecule has 0 saturated carbocycles. The molecule has 2 rings (SSSR count). The number of benzene rings is 2. The predicted octanol–water partition coefficient (Wildman–Crippen LogP) is 3.03. The molecule has 2 unspecified atom stereocenters. The zero-order chi connectivity index (χ0) is 15.2. The molecule has 0 aliphatic carbocycles. The Labute approximate surface area is 124 Å². The van der Waals surface area contributed by atoms with Gasteiger partial charge in [-0.1, -0.05) is 30.3 Å². The van der Waals surface area contributed by atoms with Crippen LogP contribution in [0.15, 0.2) is 48.5 Å². The van der Waals surface area contributed by atoms with E-state index < -0.39 is 0 Å². The first-order valence-corrected chi connectivity index (χ1v) is 6.71. The fraction of sp³-hybridized carbons (Fsp3) is 0.235. The topological polar surface area (TPSA) is 68.3 Å². The molecular formula is C17H18N2O2. The summed E-state index contributed by atoms with van der Waals surface area (Å²) in [5.74, 6) is 1.10. The van der Waals surface area contributed by atoms with Crippen molar-refractivity contribution in [2.75, 3.05) is 7.11 Å². The maximum Gasteiger partial charge on any atom is 0.162 e. The molecule has 4 heteroatoms. The van der Waals surface area contributed by atoms with Gasteiger partial charge in [-0.25, -0.2) is 0 Å². The molecule has 0 radical (unpaired) electrons. The zero-order valence-corrected chi connectivity index (χ0v) is 12.1. The highest BCUT2D eigenvalue weighted by atomic mass is 16.5. The van der Waals surface area contributed by atoms with Gasteiger partial charge in [0.1, 0.15) is 6.10 Å². The average Bonchev–Trinajstić information content (AvgIpc) is 2.53. The van der Waals surface area contributed by atoms with Crippen LogP contribution in [0.2, 0.25) is 0 Å². The Morgan fingerprint density at radius 1 is 1.10 bits per heavy atom. The minimum atomic E-state index is -0.284. The van der Waals surface area contributed by atoms with Crippen LogP contribution < -0.4 is 15.2 Å². The molecule has 21 heavy (non-hydrogen) atoms. The molecule has 0 aliphatic heterocycles. The Morgan fingerprint density at radius 2 is 1.81 bits per heavy atom. The lowest BCUT2D eigenvalue weighted by molar-refractivity contribution is 0.173. The lowest BCUT2D eigenvalue weighted by Crippen LogP contribution is -2.29. The number of nitriles is 1. The smallest absolute Gasteiger partial charge is 0.162 e. The van der Waals surface area contributed by atoms with E-state index in [0.717, 1.165) is 5.56 Å². The number of ether oxygens (including phenoxy) is 2. The zero-order valence-electron chi connectivity index (χ0n) is 12.1. The Balaban J connectivity index is 2.32. The maximum absolute atomic E-state index is 8.93. The van der Waals surface area contributed by atoms with Gasteiger partial charge in [0, 0.05) is 12.1 Å². The Kier molecular flexibility index (Phi) is 4.81. The Morgan fingerprint density at radius 3 is 2.38 bits per heavy atom. The van der Waals surface area contributed by atoms with Gasteiger partial charge in [0.25, 0.3) is 0 Å². The summed E-state index contributed by atoms with van der Waals surface area (Å²) in [7, 11) is 1.55. The minimum Gasteiger partial charge on any atom is -0.493 e. The third-order valence-corrected chi connectivity index (χ3v) is 3.15. The summed E-state index contributed by atoms with van der Waals surface area (Å²) in [5.41, 5.74) is 7.57. The summed E-state index contributed by atoms with van der Waals surface area (Å²) < 4.78 is 11.3. The first kappa shape index (κ1) is 14.9. The van der Waals surface area contributed by atoms with Crippen molar-refractivity contribution in [2.24, 2.45) is 5.73 Å². The van der Waals surface area contributed by atoms with Gasteiger partial charge in [0.2, 0.25) is 0 Å². The van der Waals surface area contributed by atoms with Crippen LogP contribution in [-0.4, -0.2) is 13.2 Å². The van der Waals surface area contributed by atoms with Crippen LogP contribution in [0.4, 0.5) is 0 Å². The molecule has 0 saturated heterocycles. The lowest BCUT2D eigenvalue weighted by atomic mass is 10.0. The van der Waals surface area contributed by atoms with Crippen LogP contribution in [0, 0.1) is 11.3 Å². The van der Waals surface area contributed by atoms with Crippen molar-refractivity contribution in [1.82, 2.24) is 0 Å². The molecule has 2 aromatic rings. The molecule has 2 aromatic carbocycles. The maximum atomic E-state index is 8.93. The molecule has 0 bridgehead atoms. The number of nitrogens with two attached hydrogens (primary N) is 1. The first-order chi connectivity index (χ1) is 10.2. The fourth-order valence-corrected chi connectivity index (χ4v) is 2.09. The molecule has 0 spiro atoms. The molecule has 4 nitrogen and oxygen atoms in total. The van der Waals surface area contributed by atoms with E-state index in [4.69, 9.17) is 20.5 Å². The summed E-state index contributed by atoms with van der Waals surface area (Å²) in [6.45, 7) is 1.90. The van der Waals surface area contributed by atoms with E-state index in [0.29, 0.717) is 17.1 Å². The van der Waals surface area contributed by atoms with E-state index in [-0.39, 0.29) is 12.1 Å². The van der Waals surface area contributed by atoms with Gasteiger partial charge in [-0.3, -0.25) is 0 Å². The molecule has 0 fully saturated rings. The van der Waals surface area contributed by atoms with Crippen LogP contribution in [0.25, 0.3) is 0 Å². The van der Waals surface area contributed by atoms with E-state index in [1.165, 1.54) is 0 Å². The van der Waals surface area contributed by atoms with E-state index in [1.807, 2.05) is 37.3 Å². The van der Waals surface area contributed by atoms with Crippen molar-refractivity contribution in [1.29, 1.82) is 5.26 Å². The van der Waals surface area contributed by atoms with Gasteiger partial charge >= 0.3 is 0 Å². The van der Waals surface area contributed by atoms with Crippen LogP contribution in [-0.2, 0) is 0 Å². The second-order valence-corrected chi connectivity index (χ2v) is 4.79. The normalized spacial score (nSPS) is 13.0. The molecule has 2 atom stereocenters. The van der Waals surface area contributed by atoms with Crippen molar-refractivity contribution >= 4 is 0 Å². The summed E-state index contributed by atoms with van der Waals surface area (Å²) in [5, 5.41) is 8.93. The van der Waals surface area contributed by atoms with E-state index in [1.54, 1.807) is 25.3 Å². The third kappa shape index (κ3) is 3.53. The fourth-order valence-electron chi connectivity index (χ4n) is 2.09. The van der Waals surface area contributed by atoms with E-state index >= 15 is 0 Å². The number of hydrogen-bond donors (Lipinski definition) is 1. The van der Waals surface area contributed by atoms with Crippen LogP contribution in [0.5, 0.6) is 11.5 Å². The Hall–Kier alpha value is -2.51. The average molecular weight is 282 g/mol. The van der Waals surface area contributed by atoms with Crippen molar-refractivity contribution in [3.8, 4) is 17.6 Å². The van der Waals surface area contributed by atoms with Gasteiger partial charge in [0.15, 0.2) is 11.5 Å². The highest BCUT2D eigenvalue weighted by molar-refractivity contribution is 5.47.